The van der Waals surface area contributed by atoms with Gasteiger partial charge in [-0.2, -0.15) is 0 Å². The van der Waals surface area contributed by atoms with E-state index in [0.29, 0.717) is 0 Å². The third-order valence-electron chi connectivity index (χ3n) is 1.50. The zero-order valence-electron chi connectivity index (χ0n) is 5.46. The van der Waals surface area contributed by atoms with Crippen LogP contribution in [-0.2, 0) is 4.74 Å². The average molecular weight is 128 g/mol. The molecule has 1 saturated carbocycles. The summed E-state index contributed by atoms with van der Waals surface area (Å²) in [5.74, 6) is 0. The average Bonchev–Trinajstić information content (AvgIpc) is 1.78. The molecule has 0 saturated heterocycles. The minimum absolute atomic E-state index is 0.168. The molecule has 0 bridgehead atoms. The van der Waals surface area contributed by atoms with Crippen LogP contribution in [0, 0.1) is 0 Å². The van der Waals surface area contributed by atoms with Gasteiger partial charge in [0.05, 0.1) is 0 Å². The van der Waals surface area contributed by atoms with E-state index in [-0.39, 0.29) is 6.10 Å². The molecule has 1 radical (unpaired) electrons. The molecule has 0 heterocycles. The molecule has 51 valence electrons. The van der Waals surface area contributed by atoms with E-state index in [1.54, 1.807) is 0 Å². The van der Waals surface area contributed by atoms with Gasteiger partial charge in [-0.05, 0) is 19.3 Å². The fraction of sp³-hybridized carbons (Fsp3) is 0.833. The van der Waals surface area contributed by atoms with Crippen LogP contribution in [0.25, 0.3) is 0 Å². The number of carbonyl (C=O) groups is 1. The van der Waals surface area contributed by atoms with Crippen LogP contribution in [0.1, 0.15) is 19.3 Å². The predicted octanol–water partition coefficient (Wildman–Crippen LogP) is 0.910. The molecule has 3 nitrogen and oxygen atoms in total. The first kappa shape index (κ1) is 6.39. The first-order chi connectivity index (χ1) is 4.33. The molecule has 1 rings (SSSR count). The molecule has 1 fully saturated rings. The second-order valence-corrected chi connectivity index (χ2v) is 2.16. The standard InChI is InChI=1S/C6H10NO2/c1-7-6(8)9-5-3-2-4-5/h5H,2-4H2,1H3. The predicted molar refractivity (Wildman–Crippen MR) is 32.2 cm³/mol. The molecule has 0 aromatic rings. The highest BCUT2D eigenvalue weighted by molar-refractivity contribution is 5.66. The fourth-order valence-electron chi connectivity index (χ4n) is 0.684. The van der Waals surface area contributed by atoms with Crippen LogP contribution in [0.15, 0.2) is 0 Å². The monoisotopic (exact) mass is 128 g/mol. The van der Waals surface area contributed by atoms with Crippen LogP contribution < -0.4 is 5.32 Å². The van der Waals surface area contributed by atoms with Gasteiger partial charge >= 0.3 is 6.09 Å². The van der Waals surface area contributed by atoms with Crippen LogP contribution in [-0.4, -0.2) is 19.2 Å². The first-order valence-corrected chi connectivity index (χ1v) is 3.13. The van der Waals surface area contributed by atoms with Gasteiger partial charge in [-0.3, -0.25) is 0 Å². The number of nitrogens with zero attached hydrogens (tertiary/aromatic N) is 1. The van der Waals surface area contributed by atoms with Crippen molar-refractivity contribution in [3.05, 3.63) is 0 Å². The van der Waals surface area contributed by atoms with Crippen LogP contribution in [0.3, 0.4) is 0 Å². The molecule has 3 heteroatoms. The Morgan fingerprint density at radius 1 is 1.67 bits per heavy atom. The van der Waals surface area contributed by atoms with Crippen molar-refractivity contribution < 1.29 is 9.53 Å². The molecular formula is C6H10NO2. The lowest BCUT2D eigenvalue weighted by Crippen LogP contribution is -2.27. The third-order valence-corrected chi connectivity index (χ3v) is 1.50. The summed E-state index contributed by atoms with van der Waals surface area (Å²) in [6.45, 7) is 0. The van der Waals surface area contributed by atoms with E-state index in [2.05, 4.69) is 5.32 Å². The van der Waals surface area contributed by atoms with Crippen molar-refractivity contribution in [1.82, 2.24) is 5.32 Å². The van der Waals surface area contributed by atoms with E-state index in [4.69, 9.17) is 4.74 Å². The van der Waals surface area contributed by atoms with Gasteiger partial charge in [0.15, 0.2) is 0 Å². The van der Waals surface area contributed by atoms with Crippen molar-refractivity contribution in [1.29, 1.82) is 0 Å². The van der Waals surface area contributed by atoms with Crippen molar-refractivity contribution >= 4 is 6.09 Å². The third kappa shape index (κ3) is 1.59. The number of hydrogen-bond acceptors (Lipinski definition) is 2. The van der Waals surface area contributed by atoms with Gasteiger partial charge in [-0.1, -0.05) is 0 Å². The maximum absolute atomic E-state index is 10.4. The Kier molecular flexibility index (Phi) is 1.92. The van der Waals surface area contributed by atoms with Crippen molar-refractivity contribution in [2.45, 2.75) is 25.4 Å². The molecule has 0 spiro atoms. The number of ether oxygens (including phenoxy) is 1. The van der Waals surface area contributed by atoms with E-state index >= 15 is 0 Å². The van der Waals surface area contributed by atoms with Gasteiger partial charge in [0, 0.05) is 7.05 Å². The summed E-state index contributed by atoms with van der Waals surface area (Å²) >= 11 is 0. The summed E-state index contributed by atoms with van der Waals surface area (Å²) in [6, 6.07) is 0. The lowest BCUT2D eigenvalue weighted by molar-refractivity contribution is 0.0532. The lowest BCUT2D eigenvalue weighted by Gasteiger charge is -2.24. The van der Waals surface area contributed by atoms with Crippen LogP contribution >= 0.6 is 0 Å². The molecule has 9 heavy (non-hydrogen) atoms. The Morgan fingerprint density at radius 2 is 2.33 bits per heavy atom. The largest absolute Gasteiger partial charge is 0.445 e. The van der Waals surface area contributed by atoms with Crippen molar-refractivity contribution in [2.75, 3.05) is 7.05 Å². The highest BCUT2D eigenvalue weighted by atomic mass is 16.6. The van der Waals surface area contributed by atoms with Crippen molar-refractivity contribution in [3.63, 3.8) is 0 Å². The SMILES string of the molecule is C[N]C(=O)OC1CCC1. The number of amides is 1. The van der Waals surface area contributed by atoms with Gasteiger partial charge in [0.1, 0.15) is 6.10 Å². The van der Waals surface area contributed by atoms with Gasteiger partial charge in [0.25, 0.3) is 0 Å². The Hall–Kier alpha value is -0.730. The van der Waals surface area contributed by atoms with E-state index < -0.39 is 6.09 Å². The number of rotatable bonds is 1. The zero-order valence-corrected chi connectivity index (χ0v) is 5.46. The van der Waals surface area contributed by atoms with Crippen molar-refractivity contribution in [3.8, 4) is 0 Å². The molecule has 0 unspecified atom stereocenters. The van der Waals surface area contributed by atoms with Crippen molar-refractivity contribution in [2.24, 2.45) is 0 Å². The Labute approximate surface area is 54.4 Å². The highest BCUT2D eigenvalue weighted by Crippen LogP contribution is 2.21. The van der Waals surface area contributed by atoms with Crippen LogP contribution in [0.5, 0.6) is 0 Å². The topological polar surface area (TPSA) is 40.4 Å². The normalized spacial score (nSPS) is 18.3. The summed E-state index contributed by atoms with van der Waals surface area (Å²) in [6.07, 6.45) is 2.95. The van der Waals surface area contributed by atoms with E-state index in [1.165, 1.54) is 13.5 Å². The van der Waals surface area contributed by atoms with E-state index in [9.17, 15) is 4.79 Å². The highest BCUT2D eigenvalue weighted by Gasteiger charge is 2.20. The van der Waals surface area contributed by atoms with Crippen LogP contribution in [0.4, 0.5) is 4.79 Å². The molecule has 0 aliphatic heterocycles. The molecule has 0 aromatic carbocycles. The van der Waals surface area contributed by atoms with Gasteiger partial charge in [-0.15, -0.1) is 0 Å². The Bertz CT molecular complexity index is 110. The quantitative estimate of drug-likeness (QED) is 0.526. The van der Waals surface area contributed by atoms with E-state index in [0.717, 1.165) is 12.8 Å². The minimum Gasteiger partial charge on any atom is -0.445 e. The zero-order chi connectivity index (χ0) is 6.69. The second kappa shape index (κ2) is 2.71. The maximum atomic E-state index is 10.4. The Morgan fingerprint density at radius 3 is 2.67 bits per heavy atom. The molecule has 1 aliphatic carbocycles. The van der Waals surface area contributed by atoms with E-state index in [1.807, 2.05) is 0 Å². The number of carbonyl (C=O) groups excluding carboxylic acids is 1. The van der Waals surface area contributed by atoms with Gasteiger partial charge in [-0.25, -0.2) is 10.1 Å². The van der Waals surface area contributed by atoms with Gasteiger partial charge in [0.2, 0.25) is 0 Å². The molecule has 0 N–H and O–H groups in total. The molecular weight excluding hydrogens is 118 g/mol. The second-order valence-electron chi connectivity index (χ2n) is 2.16. The molecule has 1 amide bonds. The fourth-order valence-corrected chi connectivity index (χ4v) is 0.684. The summed E-state index contributed by atoms with van der Waals surface area (Å²) in [7, 11) is 1.45. The van der Waals surface area contributed by atoms with Gasteiger partial charge < -0.3 is 4.74 Å². The molecule has 0 aromatic heterocycles. The molecule has 1 aliphatic rings. The summed E-state index contributed by atoms with van der Waals surface area (Å²) in [5.41, 5.74) is 0. The smallest absolute Gasteiger partial charge is 0.428 e. The lowest BCUT2D eigenvalue weighted by atomic mass is 9.96. The number of hydrogen-bond donors (Lipinski definition) is 0. The first-order valence-electron chi connectivity index (χ1n) is 3.13. The van der Waals surface area contributed by atoms with Crippen LogP contribution in [0.2, 0.25) is 0 Å². The summed E-state index contributed by atoms with van der Waals surface area (Å²) in [5, 5.41) is 3.35. The maximum Gasteiger partial charge on any atom is 0.428 e. The Balaban J connectivity index is 2.09. The molecule has 0 atom stereocenters. The summed E-state index contributed by atoms with van der Waals surface area (Å²) < 4.78 is 4.83. The minimum atomic E-state index is -0.431. The summed E-state index contributed by atoms with van der Waals surface area (Å²) in [4.78, 5) is 10.4.